The van der Waals surface area contributed by atoms with Gasteiger partial charge in [-0.2, -0.15) is 0 Å². The summed E-state index contributed by atoms with van der Waals surface area (Å²) in [6.07, 6.45) is 7.08. The molecule has 0 aromatic carbocycles. The number of hydrogen-bond acceptors (Lipinski definition) is 6. The van der Waals surface area contributed by atoms with E-state index in [0.29, 0.717) is 75.5 Å². The molecule has 0 unspecified atom stereocenters. The lowest BCUT2D eigenvalue weighted by Gasteiger charge is -2.41. The average molecular weight is 485 g/mol. The minimum atomic E-state index is 0.123. The highest BCUT2D eigenvalue weighted by Gasteiger charge is 2.38. The predicted octanol–water partition coefficient (Wildman–Crippen LogP) is 5.27. The molecule has 2 aliphatic carbocycles. The summed E-state index contributed by atoms with van der Waals surface area (Å²) < 4.78 is 36.8. The van der Waals surface area contributed by atoms with Crippen LogP contribution in [0.15, 0.2) is 0 Å². The molecule has 6 heteroatoms. The fourth-order valence-electron chi connectivity index (χ4n) is 5.75. The van der Waals surface area contributed by atoms with Crippen molar-refractivity contribution in [1.29, 1.82) is 0 Å². The van der Waals surface area contributed by atoms with Crippen molar-refractivity contribution in [2.45, 2.75) is 104 Å². The molecule has 0 bridgehead atoms. The van der Waals surface area contributed by atoms with Crippen molar-refractivity contribution < 1.29 is 28.4 Å². The van der Waals surface area contributed by atoms with Gasteiger partial charge in [-0.3, -0.25) is 0 Å². The summed E-state index contributed by atoms with van der Waals surface area (Å²) in [7, 11) is 0. The van der Waals surface area contributed by atoms with Crippen LogP contribution in [0.3, 0.4) is 0 Å². The molecule has 200 valence electrons. The molecule has 0 N–H and O–H groups in total. The van der Waals surface area contributed by atoms with Crippen LogP contribution in [0.5, 0.6) is 0 Å². The lowest BCUT2D eigenvalue weighted by Crippen LogP contribution is -2.43. The fourth-order valence-corrected chi connectivity index (χ4v) is 5.75. The molecule has 0 spiro atoms. The summed E-state index contributed by atoms with van der Waals surface area (Å²) in [5.74, 6) is 1.30. The van der Waals surface area contributed by atoms with Crippen molar-refractivity contribution in [2.75, 3.05) is 52.9 Å². The number of hydrogen-bond donors (Lipinski definition) is 0. The Kier molecular flexibility index (Phi) is 11.1. The van der Waals surface area contributed by atoms with Crippen molar-refractivity contribution in [3.8, 4) is 0 Å². The van der Waals surface area contributed by atoms with Crippen LogP contribution in [0.25, 0.3) is 0 Å². The summed E-state index contributed by atoms with van der Waals surface area (Å²) >= 11 is 0. The van der Waals surface area contributed by atoms with E-state index in [0.717, 1.165) is 25.7 Å². The third-order valence-corrected chi connectivity index (χ3v) is 8.15. The molecule has 6 atom stereocenters. The number of rotatable bonds is 0. The number of ether oxygens (including phenoxy) is 6. The molecular weight excluding hydrogens is 432 g/mol. The zero-order chi connectivity index (χ0) is 24.6. The second-order valence-electron chi connectivity index (χ2n) is 12.6. The van der Waals surface area contributed by atoms with Gasteiger partial charge < -0.3 is 28.4 Å². The quantitative estimate of drug-likeness (QED) is 0.467. The lowest BCUT2D eigenvalue weighted by atomic mass is 9.71. The monoisotopic (exact) mass is 484 g/mol. The van der Waals surface area contributed by atoms with Gasteiger partial charge in [0.1, 0.15) is 0 Å². The van der Waals surface area contributed by atoms with Gasteiger partial charge in [-0.05, 0) is 61.2 Å². The second-order valence-corrected chi connectivity index (χ2v) is 12.6. The van der Waals surface area contributed by atoms with E-state index in [4.69, 9.17) is 28.4 Å². The molecule has 2 saturated carbocycles. The Morgan fingerprint density at radius 1 is 0.412 bits per heavy atom. The van der Waals surface area contributed by atoms with E-state index in [1.807, 2.05) is 0 Å². The van der Waals surface area contributed by atoms with Gasteiger partial charge in [0.05, 0.1) is 77.3 Å². The highest BCUT2D eigenvalue weighted by atomic mass is 16.6. The zero-order valence-corrected chi connectivity index (χ0v) is 22.8. The Bertz CT molecular complexity index is 520. The van der Waals surface area contributed by atoms with Crippen LogP contribution in [0, 0.1) is 22.7 Å². The van der Waals surface area contributed by atoms with Crippen molar-refractivity contribution in [3.05, 3.63) is 0 Å². The molecule has 0 radical (unpaired) electrons. The maximum absolute atomic E-state index is 6.30. The highest BCUT2D eigenvalue weighted by Crippen LogP contribution is 2.41. The summed E-state index contributed by atoms with van der Waals surface area (Å²) in [6, 6.07) is 0. The smallest absolute Gasteiger partial charge is 0.0840 e. The van der Waals surface area contributed by atoms with E-state index in [2.05, 4.69) is 41.5 Å². The van der Waals surface area contributed by atoms with Crippen molar-refractivity contribution in [2.24, 2.45) is 22.7 Å². The number of fused-ring (bicyclic) bond motifs is 2. The Morgan fingerprint density at radius 2 is 0.735 bits per heavy atom. The topological polar surface area (TPSA) is 55.4 Å². The van der Waals surface area contributed by atoms with Gasteiger partial charge in [0.2, 0.25) is 0 Å². The van der Waals surface area contributed by atoms with Crippen molar-refractivity contribution >= 4 is 0 Å². The van der Waals surface area contributed by atoms with Crippen LogP contribution in [0.4, 0.5) is 0 Å². The van der Waals surface area contributed by atoms with E-state index < -0.39 is 0 Å². The third-order valence-electron chi connectivity index (χ3n) is 8.15. The Hall–Kier alpha value is -0.240. The standard InChI is InChI=1S/C28H52O6/c1-27(2,3)21-7-9-23-25(19-21)33-17-13-30-14-18-34-26-20-22(28(4,5)6)8-10-24(26)32-16-12-29-11-15-31-23/h21-26H,7-20H2,1-6H3/t21-,22+,23-,24-,25+,26+/m0/s1. The van der Waals surface area contributed by atoms with Crippen LogP contribution in [0.2, 0.25) is 0 Å². The van der Waals surface area contributed by atoms with Gasteiger partial charge in [-0.15, -0.1) is 0 Å². The summed E-state index contributed by atoms with van der Waals surface area (Å²) in [5.41, 5.74) is 0.584. The summed E-state index contributed by atoms with van der Waals surface area (Å²) in [4.78, 5) is 0. The molecule has 1 saturated heterocycles. The molecule has 1 aliphatic heterocycles. The molecule has 3 rings (SSSR count). The van der Waals surface area contributed by atoms with Crippen LogP contribution in [-0.2, 0) is 28.4 Å². The predicted molar refractivity (Wildman–Crippen MR) is 134 cm³/mol. The lowest BCUT2D eigenvalue weighted by molar-refractivity contribution is -0.142. The minimum absolute atomic E-state index is 0.123. The molecule has 3 aliphatic rings. The molecule has 0 aromatic heterocycles. The molecule has 6 nitrogen and oxygen atoms in total. The zero-order valence-electron chi connectivity index (χ0n) is 22.8. The first-order chi connectivity index (χ1) is 16.1. The third kappa shape index (κ3) is 9.01. The molecule has 1 heterocycles. The van der Waals surface area contributed by atoms with E-state index in [1.54, 1.807) is 0 Å². The van der Waals surface area contributed by atoms with Gasteiger partial charge in [0.25, 0.3) is 0 Å². The van der Waals surface area contributed by atoms with E-state index >= 15 is 0 Å². The van der Waals surface area contributed by atoms with Gasteiger partial charge in [0.15, 0.2) is 0 Å². The first kappa shape index (κ1) is 28.3. The fraction of sp³-hybridized carbons (Fsp3) is 1.00. The summed E-state index contributed by atoms with van der Waals surface area (Å²) in [5, 5.41) is 0. The maximum Gasteiger partial charge on any atom is 0.0840 e. The Labute approximate surface area is 208 Å². The van der Waals surface area contributed by atoms with E-state index in [9.17, 15) is 0 Å². The SMILES string of the molecule is CC(C)(C)[C@@H]1CC[C@@H]2OCCOCCO[C@H]3CC[C@H](C(C)(C)C)C[C@H]3OCCOCCO[C@@H]2C1. The minimum Gasteiger partial charge on any atom is -0.377 e. The largest absolute Gasteiger partial charge is 0.377 e. The van der Waals surface area contributed by atoms with Crippen LogP contribution < -0.4 is 0 Å². The van der Waals surface area contributed by atoms with Crippen LogP contribution in [-0.4, -0.2) is 77.3 Å². The van der Waals surface area contributed by atoms with E-state index in [-0.39, 0.29) is 24.4 Å². The first-order valence-electron chi connectivity index (χ1n) is 13.8. The molecule has 34 heavy (non-hydrogen) atoms. The average Bonchev–Trinajstić information content (AvgIpc) is 2.77. The molecular formula is C28H52O6. The molecule has 0 amide bonds. The normalized spacial score (nSPS) is 36.5. The van der Waals surface area contributed by atoms with Crippen LogP contribution >= 0.6 is 0 Å². The van der Waals surface area contributed by atoms with Crippen LogP contribution in [0.1, 0.15) is 80.1 Å². The summed E-state index contributed by atoms with van der Waals surface area (Å²) in [6.45, 7) is 18.8. The van der Waals surface area contributed by atoms with Gasteiger partial charge in [-0.25, -0.2) is 0 Å². The Balaban J connectivity index is 1.52. The second kappa shape index (κ2) is 13.3. The van der Waals surface area contributed by atoms with E-state index in [1.165, 1.54) is 12.8 Å². The van der Waals surface area contributed by atoms with Crippen molar-refractivity contribution in [3.63, 3.8) is 0 Å². The molecule has 3 fully saturated rings. The van der Waals surface area contributed by atoms with Gasteiger partial charge in [-0.1, -0.05) is 41.5 Å². The van der Waals surface area contributed by atoms with Gasteiger partial charge in [0, 0.05) is 0 Å². The van der Waals surface area contributed by atoms with Crippen molar-refractivity contribution in [1.82, 2.24) is 0 Å². The molecule has 0 aromatic rings. The first-order valence-corrected chi connectivity index (χ1v) is 13.8. The highest BCUT2D eigenvalue weighted by molar-refractivity contribution is 4.88. The maximum atomic E-state index is 6.30. The Morgan fingerprint density at radius 3 is 1.06 bits per heavy atom. The van der Waals surface area contributed by atoms with Gasteiger partial charge >= 0.3 is 0 Å².